The topological polar surface area (TPSA) is 47.1 Å². The number of fused-ring (bicyclic) bond motifs is 1. The minimum Gasteiger partial charge on any atom is -0.399 e. The minimum atomic E-state index is -0.646. The van der Waals surface area contributed by atoms with Gasteiger partial charge in [0.15, 0.2) is 0 Å². The number of hydrogen-bond acceptors (Lipinski definition) is 3. The fourth-order valence-electron chi connectivity index (χ4n) is 2.23. The molecule has 106 valence electrons. The molecule has 1 aromatic heterocycles. The SMILES string of the molecule is CC1(C)OB(c2cc(F)c(Cl)c3[nH]ncc23)OC1(C)C. The molecule has 2 heterocycles. The van der Waals surface area contributed by atoms with Crippen LogP contribution in [-0.4, -0.2) is 28.5 Å². The molecule has 1 N–H and O–H groups in total. The molecule has 0 unspecified atom stereocenters. The van der Waals surface area contributed by atoms with Gasteiger partial charge in [-0.05, 0) is 39.2 Å². The van der Waals surface area contributed by atoms with Crippen molar-refractivity contribution in [2.24, 2.45) is 0 Å². The van der Waals surface area contributed by atoms with Gasteiger partial charge in [0.2, 0.25) is 0 Å². The molecule has 1 aromatic carbocycles. The maximum absolute atomic E-state index is 13.9. The van der Waals surface area contributed by atoms with Crippen LogP contribution in [0.25, 0.3) is 10.9 Å². The third kappa shape index (κ3) is 1.86. The predicted molar refractivity (Wildman–Crippen MR) is 76.8 cm³/mol. The highest BCUT2D eigenvalue weighted by Gasteiger charge is 2.52. The van der Waals surface area contributed by atoms with Crippen molar-refractivity contribution in [3.05, 3.63) is 23.1 Å². The first kappa shape index (κ1) is 13.9. The van der Waals surface area contributed by atoms with Crippen molar-refractivity contribution >= 4 is 35.1 Å². The van der Waals surface area contributed by atoms with Gasteiger partial charge in [0.05, 0.1) is 22.9 Å². The molecule has 1 aliphatic rings. The third-order valence-corrected chi connectivity index (χ3v) is 4.54. The molecule has 1 fully saturated rings. The van der Waals surface area contributed by atoms with E-state index in [4.69, 9.17) is 20.9 Å². The third-order valence-electron chi connectivity index (χ3n) is 4.17. The van der Waals surface area contributed by atoms with Crippen LogP contribution >= 0.6 is 11.6 Å². The number of benzene rings is 1. The van der Waals surface area contributed by atoms with Crippen LogP contribution in [0.2, 0.25) is 5.02 Å². The average Bonchev–Trinajstić information content (AvgIpc) is 2.88. The van der Waals surface area contributed by atoms with Crippen LogP contribution in [0, 0.1) is 5.82 Å². The number of halogens is 2. The number of nitrogens with one attached hydrogen (secondary N) is 1. The highest BCUT2D eigenvalue weighted by Crippen LogP contribution is 2.37. The van der Waals surface area contributed by atoms with E-state index in [0.717, 1.165) is 0 Å². The molecule has 0 amide bonds. The van der Waals surface area contributed by atoms with E-state index in [2.05, 4.69) is 10.2 Å². The van der Waals surface area contributed by atoms with Crippen molar-refractivity contribution < 1.29 is 13.7 Å². The van der Waals surface area contributed by atoms with Crippen molar-refractivity contribution in [2.45, 2.75) is 38.9 Å². The van der Waals surface area contributed by atoms with E-state index in [9.17, 15) is 4.39 Å². The van der Waals surface area contributed by atoms with Gasteiger partial charge >= 0.3 is 7.12 Å². The van der Waals surface area contributed by atoms with Crippen molar-refractivity contribution in [2.75, 3.05) is 0 Å². The molecule has 7 heteroatoms. The Balaban J connectivity index is 2.13. The number of hydrogen-bond donors (Lipinski definition) is 1. The summed E-state index contributed by atoms with van der Waals surface area (Å²) in [6.45, 7) is 7.80. The number of aromatic amines is 1. The Hall–Kier alpha value is -1.11. The first-order chi connectivity index (χ1) is 9.23. The van der Waals surface area contributed by atoms with E-state index < -0.39 is 24.1 Å². The van der Waals surface area contributed by atoms with Gasteiger partial charge in [-0.25, -0.2) is 4.39 Å². The predicted octanol–water partition coefficient (Wildman–Crippen LogP) is 2.65. The van der Waals surface area contributed by atoms with Crippen LogP contribution in [0.3, 0.4) is 0 Å². The summed E-state index contributed by atoms with van der Waals surface area (Å²) in [5.41, 5.74) is 0.0823. The zero-order valence-electron chi connectivity index (χ0n) is 11.8. The second-order valence-corrected chi connectivity index (χ2v) is 6.39. The van der Waals surface area contributed by atoms with E-state index in [1.807, 2.05) is 27.7 Å². The Bertz CT molecular complexity index is 670. The summed E-state index contributed by atoms with van der Waals surface area (Å²) in [6, 6.07) is 1.35. The van der Waals surface area contributed by atoms with Crippen LogP contribution in [-0.2, 0) is 9.31 Å². The lowest BCUT2D eigenvalue weighted by Gasteiger charge is -2.32. The zero-order valence-corrected chi connectivity index (χ0v) is 12.5. The van der Waals surface area contributed by atoms with Gasteiger partial charge in [0.1, 0.15) is 10.8 Å². The van der Waals surface area contributed by atoms with E-state index in [0.29, 0.717) is 16.4 Å². The Labute approximate surface area is 121 Å². The maximum Gasteiger partial charge on any atom is 0.495 e. The lowest BCUT2D eigenvalue weighted by atomic mass is 9.77. The fraction of sp³-hybridized carbons (Fsp3) is 0.462. The lowest BCUT2D eigenvalue weighted by Crippen LogP contribution is -2.41. The molecular formula is C13H15BClFN2O2. The monoisotopic (exact) mass is 296 g/mol. The Kier molecular flexibility index (Phi) is 2.91. The maximum atomic E-state index is 13.9. The van der Waals surface area contributed by atoms with Crippen LogP contribution < -0.4 is 5.46 Å². The molecule has 0 bridgehead atoms. The van der Waals surface area contributed by atoms with Gasteiger partial charge in [-0.15, -0.1) is 0 Å². The Morgan fingerprint density at radius 3 is 2.45 bits per heavy atom. The van der Waals surface area contributed by atoms with Crippen LogP contribution in [0.5, 0.6) is 0 Å². The molecule has 3 rings (SSSR count). The molecule has 20 heavy (non-hydrogen) atoms. The molecule has 0 spiro atoms. The minimum absolute atomic E-state index is 0.0257. The van der Waals surface area contributed by atoms with Gasteiger partial charge in [-0.2, -0.15) is 5.10 Å². The van der Waals surface area contributed by atoms with Crippen LogP contribution in [0.4, 0.5) is 4.39 Å². The highest BCUT2D eigenvalue weighted by molar-refractivity contribution is 6.65. The Morgan fingerprint density at radius 1 is 1.25 bits per heavy atom. The van der Waals surface area contributed by atoms with Gasteiger partial charge in [0, 0.05) is 5.39 Å². The summed E-state index contributed by atoms with van der Waals surface area (Å²) in [5, 5.41) is 7.35. The summed E-state index contributed by atoms with van der Waals surface area (Å²) in [6.07, 6.45) is 1.60. The number of rotatable bonds is 1. The molecule has 2 aromatic rings. The standard InChI is InChI=1S/C13H15BClFN2O2/c1-12(2)13(3,4)20-14(19-12)8-5-9(16)10(15)11-7(8)6-17-18-11/h5-6H,1-4H3,(H,17,18). The van der Waals surface area contributed by atoms with E-state index >= 15 is 0 Å². The van der Waals surface area contributed by atoms with Crippen LogP contribution in [0.15, 0.2) is 12.3 Å². The molecule has 0 radical (unpaired) electrons. The molecule has 0 atom stereocenters. The van der Waals surface area contributed by atoms with Gasteiger partial charge in [0.25, 0.3) is 0 Å². The first-order valence-corrected chi connectivity index (χ1v) is 6.77. The van der Waals surface area contributed by atoms with Gasteiger partial charge in [-0.1, -0.05) is 11.6 Å². The van der Waals surface area contributed by atoms with Crippen molar-refractivity contribution in [1.29, 1.82) is 0 Å². The quantitative estimate of drug-likeness (QED) is 0.823. The molecular weight excluding hydrogens is 281 g/mol. The van der Waals surface area contributed by atoms with Crippen molar-refractivity contribution in [3.63, 3.8) is 0 Å². The summed E-state index contributed by atoms with van der Waals surface area (Å²) >= 11 is 5.93. The van der Waals surface area contributed by atoms with Gasteiger partial charge in [-0.3, -0.25) is 5.10 Å². The second-order valence-electron chi connectivity index (χ2n) is 6.01. The Morgan fingerprint density at radius 2 is 1.85 bits per heavy atom. The second kappa shape index (κ2) is 4.19. The summed E-state index contributed by atoms with van der Waals surface area (Å²) in [5.74, 6) is -0.520. The van der Waals surface area contributed by atoms with E-state index in [1.54, 1.807) is 6.20 Å². The summed E-state index contributed by atoms with van der Waals surface area (Å²) in [4.78, 5) is 0. The molecule has 0 saturated carbocycles. The van der Waals surface area contributed by atoms with E-state index in [1.165, 1.54) is 6.07 Å². The van der Waals surface area contributed by atoms with Crippen LogP contribution in [0.1, 0.15) is 27.7 Å². The summed E-state index contributed by atoms with van der Waals surface area (Å²) in [7, 11) is -0.646. The zero-order chi connectivity index (χ0) is 14.7. The molecule has 0 aliphatic carbocycles. The normalized spacial score (nSPS) is 20.8. The van der Waals surface area contributed by atoms with Crippen molar-refractivity contribution in [1.82, 2.24) is 10.2 Å². The largest absolute Gasteiger partial charge is 0.495 e. The fourth-order valence-corrected chi connectivity index (χ4v) is 2.43. The average molecular weight is 297 g/mol. The molecule has 1 saturated heterocycles. The van der Waals surface area contributed by atoms with E-state index in [-0.39, 0.29) is 5.02 Å². The summed E-state index contributed by atoms with van der Waals surface area (Å²) < 4.78 is 25.8. The molecule has 1 aliphatic heterocycles. The van der Waals surface area contributed by atoms with Gasteiger partial charge < -0.3 is 9.31 Å². The lowest BCUT2D eigenvalue weighted by molar-refractivity contribution is 0.00578. The smallest absolute Gasteiger partial charge is 0.399 e. The first-order valence-electron chi connectivity index (χ1n) is 6.39. The highest BCUT2D eigenvalue weighted by atomic mass is 35.5. The number of aromatic nitrogens is 2. The van der Waals surface area contributed by atoms with Crippen molar-refractivity contribution in [3.8, 4) is 0 Å². The number of H-pyrrole nitrogens is 1. The number of nitrogens with zero attached hydrogens (tertiary/aromatic N) is 1. The molecule has 4 nitrogen and oxygen atoms in total.